The molecule has 5 heteroatoms. The van der Waals surface area contributed by atoms with Gasteiger partial charge in [0.1, 0.15) is 0 Å². The molecule has 104 valence electrons. The molecule has 0 fully saturated rings. The van der Waals surface area contributed by atoms with Crippen molar-refractivity contribution in [2.45, 2.75) is 39.1 Å². The Morgan fingerprint density at radius 1 is 1.21 bits per heavy atom. The third-order valence-corrected chi connectivity index (χ3v) is 3.21. The summed E-state index contributed by atoms with van der Waals surface area (Å²) in [5.41, 5.74) is -0.662. The lowest BCUT2D eigenvalue weighted by Gasteiger charge is -2.16. The molecular formula is C14H16F3NO. The van der Waals surface area contributed by atoms with Crippen molar-refractivity contribution in [1.82, 2.24) is 4.57 Å². The van der Waals surface area contributed by atoms with E-state index in [4.69, 9.17) is 0 Å². The van der Waals surface area contributed by atoms with Gasteiger partial charge in [0, 0.05) is 29.2 Å². The maximum absolute atomic E-state index is 12.8. The summed E-state index contributed by atoms with van der Waals surface area (Å²) in [6.45, 7) is 5.69. The number of halogens is 3. The van der Waals surface area contributed by atoms with Crippen molar-refractivity contribution in [3.05, 3.63) is 35.5 Å². The van der Waals surface area contributed by atoms with Crippen LogP contribution in [0.4, 0.5) is 13.2 Å². The number of aryl methyl sites for hydroxylation is 1. The first-order chi connectivity index (χ1) is 8.64. The van der Waals surface area contributed by atoms with Gasteiger partial charge in [0.05, 0.1) is 11.2 Å². The highest BCUT2D eigenvalue weighted by Gasteiger charge is 2.32. The molecule has 0 radical (unpaired) electrons. The Hall–Kier alpha value is -1.49. The molecule has 2 nitrogen and oxygen atoms in total. The maximum atomic E-state index is 12.8. The van der Waals surface area contributed by atoms with Crippen LogP contribution in [0.1, 0.15) is 31.9 Å². The number of aliphatic hydroxyl groups is 1. The molecule has 0 aliphatic rings. The summed E-state index contributed by atoms with van der Waals surface area (Å²) in [5, 5.41) is 10.5. The van der Waals surface area contributed by atoms with Gasteiger partial charge < -0.3 is 9.67 Å². The number of benzene rings is 1. The number of hydrogen-bond acceptors (Lipinski definition) is 1. The second-order valence-corrected chi connectivity index (χ2v) is 5.12. The summed E-state index contributed by atoms with van der Waals surface area (Å²) in [4.78, 5) is 0. The van der Waals surface area contributed by atoms with Crippen molar-refractivity contribution in [2.24, 2.45) is 0 Å². The molecule has 0 bridgehead atoms. The SMILES string of the molecule is CCn1cc(C(C)(C)O)c2cc(C(F)(F)F)ccc21. The minimum absolute atomic E-state index is 0.448. The average molecular weight is 271 g/mol. The molecule has 0 saturated heterocycles. The van der Waals surface area contributed by atoms with Gasteiger partial charge in [-0.25, -0.2) is 0 Å². The van der Waals surface area contributed by atoms with Crippen LogP contribution in [0.25, 0.3) is 10.9 Å². The lowest BCUT2D eigenvalue weighted by Crippen LogP contribution is -2.15. The van der Waals surface area contributed by atoms with Crippen LogP contribution in [-0.2, 0) is 18.3 Å². The van der Waals surface area contributed by atoms with E-state index >= 15 is 0 Å². The van der Waals surface area contributed by atoms with Crippen LogP contribution in [-0.4, -0.2) is 9.67 Å². The van der Waals surface area contributed by atoms with E-state index in [9.17, 15) is 18.3 Å². The topological polar surface area (TPSA) is 25.2 Å². The third-order valence-electron chi connectivity index (χ3n) is 3.21. The molecule has 0 unspecified atom stereocenters. The molecule has 1 aromatic carbocycles. The Kier molecular flexibility index (Phi) is 3.13. The predicted molar refractivity (Wildman–Crippen MR) is 67.9 cm³/mol. The second-order valence-electron chi connectivity index (χ2n) is 5.12. The van der Waals surface area contributed by atoms with Crippen LogP contribution in [0.15, 0.2) is 24.4 Å². The first-order valence-corrected chi connectivity index (χ1v) is 6.07. The molecule has 0 atom stereocenters. The van der Waals surface area contributed by atoms with Crippen LogP contribution < -0.4 is 0 Å². The first-order valence-electron chi connectivity index (χ1n) is 6.07. The zero-order chi connectivity index (χ0) is 14.4. The molecule has 0 saturated carbocycles. The van der Waals surface area contributed by atoms with E-state index in [2.05, 4.69) is 0 Å². The van der Waals surface area contributed by atoms with E-state index in [-0.39, 0.29) is 0 Å². The van der Waals surface area contributed by atoms with Crippen molar-refractivity contribution < 1.29 is 18.3 Å². The molecule has 1 heterocycles. The maximum Gasteiger partial charge on any atom is 0.416 e. The Morgan fingerprint density at radius 2 is 1.84 bits per heavy atom. The molecule has 2 rings (SSSR count). The molecular weight excluding hydrogens is 255 g/mol. The average Bonchev–Trinajstić information content (AvgIpc) is 2.65. The van der Waals surface area contributed by atoms with E-state index < -0.39 is 17.3 Å². The Bertz CT molecular complexity index is 605. The zero-order valence-corrected chi connectivity index (χ0v) is 11.0. The molecule has 19 heavy (non-hydrogen) atoms. The van der Waals surface area contributed by atoms with Gasteiger partial charge in [-0.1, -0.05) is 0 Å². The van der Waals surface area contributed by atoms with Gasteiger partial charge in [0.2, 0.25) is 0 Å². The van der Waals surface area contributed by atoms with E-state index in [0.29, 0.717) is 23.0 Å². The van der Waals surface area contributed by atoms with Crippen molar-refractivity contribution in [2.75, 3.05) is 0 Å². The summed E-state index contributed by atoms with van der Waals surface area (Å²) in [5.74, 6) is 0. The van der Waals surface area contributed by atoms with E-state index in [1.54, 1.807) is 20.0 Å². The smallest absolute Gasteiger partial charge is 0.386 e. The zero-order valence-electron chi connectivity index (χ0n) is 11.0. The summed E-state index contributed by atoms with van der Waals surface area (Å²) >= 11 is 0. The Balaban J connectivity index is 2.76. The van der Waals surface area contributed by atoms with Crippen molar-refractivity contribution in [3.63, 3.8) is 0 Å². The quantitative estimate of drug-likeness (QED) is 0.880. The van der Waals surface area contributed by atoms with Crippen molar-refractivity contribution >= 4 is 10.9 Å². The van der Waals surface area contributed by atoms with Gasteiger partial charge >= 0.3 is 6.18 Å². The van der Waals surface area contributed by atoms with Gasteiger partial charge in [0.25, 0.3) is 0 Å². The van der Waals surface area contributed by atoms with Crippen LogP contribution in [0.5, 0.6) is 0 Å². The predicted octanol–water partition coefficient (Wildman–Crippen LogP) is 3.91. The minimum Gasteiger partial charge on any atom is -0.386 e. The van der Waals surface area contributed by atoms with E-state index in [1.165, 1.54) is 6.07 Å². The third kappa shape index (κ3) is 2.47. The number of nitrogens with zero attached hydrogens (tertiary/aromatic N) is 1. The molecule has 0 aliphatic carbocycles. The fraction of sp³-hybridized carbons (Fsp3) is 0.429. The number of alkyl halides is 3. The lowest BCUT2D eigenvalue weighted by atomic mass is 9.97. The number of aromatic nitrogens is 1. The van der Waals surface area contributed by atoms with Crippen molar-refractivity contribution in [1.29, 1.82) is 0 Å². The Morgan fingerprint density at radius 3 is 2.32 bits per heavy atom. The minimum atomic E-state index is -4.38. The lowest BCUT2D eigenvalue weighted by molar-refractivity contribution is -0.137. The monoisotopic (exact) mass is 271 g/mol. The molecule has 2 aromatic rings. The molecule has 1 aromatic heterocycles. The van der Waals surface area contributed by atoms with Crippen LogP contribution in [0.2, 0.25) is 0 Å². The fourth-order valence-corrected chi connectivity index (χ4v) is 2.22. The number of rotatable bonds is 2. The fourth-order valence-electron chi connectivity index (χ4n) is 2.22. The summed E-state index contributed by atoms with van der Waals surface area (Å²) in [6.07, 6.45) is -2.66. The molecule has 0 spiro atoms. The number of hydrogen-bond donors (Lipinski definition) is 1. The van der Waals surface area contributed by atoms with Gasteiger partial charge in [-0.3, -0.25) is 0 Å². The first kappa shape index (κ1) is 13.9. The van der Waals surface area contributed by atoms with E-state index in [0.717, 1.165) is 12.1 Å². The normalized spacial score (nSPS) is 13.2. The highest BCUT2D eigenvalue weighted by atomic mass is 19.4. The van der Waals surface area contributed by atoms with Crippen LogP contribution in [0.3, 0.4) is 0 Å². The highest BCUT2D eigenvalue weighted by molar-refractivity contribution is 5.85. The van der Waals surface area contributed by atoms with Crippen molar-refractivity contribution in [3.8, 4) is 0 Å². The summed E-state index contributed by atoms with van der Waals surface area (Å²) in [7, 11) is 0. The summed E-state index contributed by atoms with van der Waals surface area (Å²) in [6, 6.07) is 3.63. The standard InChI is InChI=1S/C14H16F3NO/c1-4-18-8-11(13(2,3)19)10-7-9(14(15,16)17)5-6-12(10)18/h5-8,19H,4H2,1-3H3. The van der Waals surface area contributed by atoms with E-state index in [1.807, 2.05) is 11.5 Å². The van der Waals surface area contributed by atoms with Gasteiger partial charge in [-0.15, -0.1) is 0 Å². The number of fused-ring (bicyclic) bond motifs is 1. The van der Waals surface area contributed by atoms with Gasteiger partial charge in [0.15, 0.2) is 0 Å². The second kappa shape index (κ2) is 4.27. The largest absolute Gasteiger partial charge is 0.416 e. The molecule has 0 amide bonds. The van der Waals surface area contributed by atoms with Crippen LogP contribution >= 0.6 is 0 Å². The molecule has 0 aliphatic heterocycles. The summed E-state index contributed by atoms with van der Waals surface area (Å²) < 4.78 is 40.1. The van der Waals surface area contributed by atoms with Gasteiger partial charge in [-0.05, 0) is 39.0 Å². The Labute approximate surface area is 109 Å². The highest BCUT2D eigenvalue weighted by Crippen LogP contribution is 2.35. The van der Waals surface area contributed by atoms with Gasteiger partial charge in [-0.2, -0.15) is 13.2 Å². The molecule has 1 N–H and O–H groups in total. The van der Waals surface area contributed by atoms with Crippen LogP contribution in [0, 0.1) is 0 Å².